The zero-order valence-corrected chi connectivity index (χ0v) is 19.1. The zero-order chi connectivity index (χ0) is 23.3. The molecule has 1 atom stereocenters. The van der Waals surface area contributed by atoms with Crippen LogP contribution in [0.2, 0.25) is 0 Å². The molecule has 170 valence electrons. The number of rotatable bonds is 8. The molecule has 2 rings (SSSR count). The summed E-state index contributed by atoms with van der Waals surface area (Å²) in [6.07, 6.45) is 1.58. The van der Waals surface area contributed by atoms with E-state index in [2.05, 4.69) is 0 Å². The van der Waals surface area contributed by atoms with Gasteiger partial charge in [-0.05, 0) is 25.0 Å². The SMILES string of the molecule is CCOC(=O)CN1C(=O)C(C(C)C)N(C(C)=O)C=C1c1cc(OC)c(OC)c(OC)c1. The van der Waals surface area contributed by atoms with Crippen LogP contribution < -0.4 is 14.2 Å². The fourth-order valence-corrected chi connectivity index (χ4v) is 3.53. The summed E-state index contributed by atoms with van der Waals surface area (Å²) in [5, 5.41) is 0. The van der Waals surface area contributed by atoms with Gasteiger partial charge in [-0.25, -0.2) is 0 Å². The lowest BCUT2D eigenvalue weighted by atomic mass is 9.96. The standard InChI is InChI=1S/C22H30N2O7/c1-8-31-19(26)12-24-16(11-23(14(4)25)20(13(2)3)22(24)27)15-9-17(28-5)21(30-7)18(10-15)29-6/h9-11,13,20H,8,12H2,1-7H3. The molecule has 2 amide bonds. The third-order valence-electron chi connectivity index (χ3n) is 4.92. The van der Waals surface area contributed by atoms with Crippen molar-refractivity contribution in [3.8, 4) is 17.2 Å². The number of hydrogen-bond acceptors (Lipinski definition) is 7. The van der Waals surface area contributed by atoms with Crippen LogP contribution in [0, 0.1) is 5.92 Å². The number of hydrogen-bond donors (Lipinski definition) is 0. The molecular formula is C22H30N2O7. The van der Waals surface area contributed by atoms with E-state index in [0.29, 0.717) is 28.5 Å². The minimum absolute atomic E-state index is 0.168. The van der Waals surface area contributed by atoms with Crippen LogP contribution in [0.25, 0.3) is 5.70 Å². The van der Waals surface area contributed by atoms with Gasteiger partial charge < -0.3 is 23.8 Å². The first-order valence-electron chi connectivity index (χ1n) is 9.98. The molecule has 0 saturated carbocycles. The summed E-state index contributed by atoms with van der Waals surface area (Å²) >= 11 is 0. The lowest BCUT2D eigenvalue weighted by molar-refractivity contribution is -0.150. The molecule has 1 aromatic carbocycles. The van der Waals surface area contributed by atoms with Crippen molar-refractivity contribution in [2.24, 2.45) is 5.92 Å². The molecule has 9 heteroatoms. The maximum Gasteiger partial charge on any atom is 0.326 e. The number of nitrogens with zero attached hydrogens (tertiary/aromatic N) is 2. The lowest BCUT2D eigenvalue weighted by Crippen LogP contribution is -2.55. The van der Waals surface area contributed by atoms with Crippen molar-refractivity contribution in [1.29, 1.82) is 0 Å². The average molecular weight is 434 g/mol. The molecule has 0 bridgehead atoms. The van der Waals surface area contributed by atoms with Crippen molar-refractivity contribution < 1.29 is 33.3 Å². The van der Waals surface area contributed by atoms with Crippen LogP contribution in [-0.2, 0) is 19.1 Å². The maximum atomic E-state index is 13.4. The largest absolute Gasteiger partial charge is 0.493 e. The van der Waals surface area contributed by atoms with Crippen LogP contribution in [0.5, 0.6) is 17.2 Å². The molecule has 0 aromatic heterocycles. The van der Waals surface area contributed by atoms with Crippen molar-refractivity contribution in [2.75, 3.05) is 34.5 Å². The molecule has 0 radical (unpaired) electrons. The molecule has 31 heavy (non-hydrogen) atoms. The summed E-state index contributed by atoms with van der Waals surface area (Å²) in [6, 6.07) is 2.58. The van der Waals surface area contributed by atoms with Crippen LogP contribution >= 0.6 is 0 Å². The Balaban J connectivity index is 2.71. The third-order valence-corrected chi connectivity index (χ3v) is 4.92. The van der Waals surface area contributed by atoms with E-state index < -0.39 is 12.0 Å². The fraction of sp³-hybridized carbons (Fsp3) is 0.500. The minimum Gasteiger partial charge on any atom is -0.493 e. The summed E-state index contributed by atoms with van der Waals surface area (Å²) in [5.74, 6) is -0.232. The predicted molar refractivity (Wildman–Crippen MR) is 114 cm³/mol. The number of methoxy groups -OCH3 is 3. The predicted octanol–water partition coefficient (Wildman–Crippen LogP) is 2.29. The smallest absolute Gasteiger partial charge is 0.326 e. The number of amides is 2. The monoisotopic (exact) mass is 434 g/mol. The second-order valence-corrected chi connectivity index (χ2v) is 7.27. The van der Waals surface area contributed by atoms with Gasteiger partial charge in [-0.3, -0.25) is 19.3 Å². The number of carbonyl (C=O) groups is 3. The Morgan fingerprint density at radius 1 is 1.06 bits per heavy atom. The van der Waals surface area contributed by atoms with Gasteiger partial charge in [0.2, 0.25) is 11.7 Å². The van der Waals surface area contributed by atoms with Gasteiger partial charge in [0.15, 0.2) is 11.5 Å². The molecule has 0 fully saturated rings. The number of ether oxygens (including phenoxy) is 4. The van der Waals surface area contributed by atoms with Gasteiger partial charge >= 0.3 is 5.97 Å². The van der Waals surface area contributed by atoms with Crippen LogP contribution in [0.3, 0.4) is 0 Å². The van der Waals surface area contributed by atoms with Gasteiger partial charge in [-0.15, -0.1) is 0 Å². The van der Waals surface area contributed by atoms with Crippen molar-refractivity contribution in [2.45, 2.75) is 33.7 Å². The molecule has 0 aliphatic carbocycles. The Labute approximate surface area is 182 Å². The van der Waals surface area contributed by atoms with Crippen LogP contribution in [0.1, 0.15) is 33.3 Å². The third kappa shape index (κ3) is 4.92. The van der Waals surface area contributed by atoms with Gasteiger partial charge in [0.25, 0.3) is 5.91 Å². The van der Waals surface area contributed by atoms with Crippen molar-refractivity contribution >= 4 is 23.5 Å². The van der Waals surface area contributed by atoms with Crippen LogP contribution in [-0.4, -0.2) is 68.1 Å². The van der Waals surface area contributed by atoms with E-state index in [-0.39, 0.29) is 30.9 Å². The first-order valence-corrected chi connectivity index (χ1v) is 9.98. The summed E-state index contributed by atoms with van der Waals surface area (Å²) in [5.41, 5.74) is 0.866. The minimum atomic E-state index is -0.738. The molecule has 1 aliphatic heterocycles. The molecule has 1 aromatic rings. The van der Waals surface area contributed by atoms with E-state index in [0.717, 1.165) is 0 Å². The molecule has 0 spiro atoms. The summed E-state index contributed by atoms with van der Waals surface area (Å²) in [7, 11) is 4.45. The Bertz CT molecular complexity index is 854. The molecule has 0 N–H and O–H groups in total. The number of benzene rings is 1. The lowest BCUT2D eigenvalue weighted by Gasteiger charge is -2.40. The summed E-state index contributed by atoms with van der Waals surface area (Å²) < 4.78 is 21.3. The summed E-state index contributed by atoms with van der Waals surface area (Å²) in [4.78, 5) is 40.8. The van der Waals surface area contributed by atoms with Gasteiger partial charge in [0.05, 0.1) is 33.6 Å². The van der Waals surface area contributed by atoms with E-state index in [1.165, 1.54) is 38.1 Å². The highest BCUT2D eigenvalue weighted by Crippen LogP contribution is 2.41. The van der Waals surface area contributed by atoms with Gasteiger partial charge in [-0.1, -0.05) is 13.8 Å². The van der Waals surface area contributed by atoms with E-state index in [9.17, 15) is 14.4 Å². The number of esters is 1. The molecule has 1 aliphatic rings. The van der Waals surface area contributed by atoms with E-state index in [4.69, 9.17) is 18.9 Å². The fourth-order valence-electron chi connectivity index (χ4n) is 3.53. The summed E-state index contributed by atoms with van der Waals surface area (Å²) in [6.45, 7) is 6.69. The van der Waals surface area contributed by atoms with Gasteiger partial charge in [0, 0.05) is 18.7 Å². The Morgan fingerprint density at radius 2 is 1.65 bits per heavy atom. The second-order valence-electron chi connectivity index (χ2n) is 7.27. The quantitative estimate of drug-likeness (QED) is 0.580. The van der Waals surface area contributed by atoms with Crippen molar-refractivity contribution in [3.05, 3.63) is 23.9 Å². The number of carbonyl (C=O) groups excluding carboxylic acids is 3. The van der Waals surface area contributed by atoms with Crippen molar-refractivity contribution in [1.82, 2.24) is 9.80 Å². The topological polar surface area (TPSA) is 94.6 Å². The zero-order valence-electron chi connectivity index (χ0n) is 19.1. The molecule has 1 heterocycles. The van der Waals surface area contributed by atoms with E-state index in [1.54, 1.807) is 25.3 Å². The first kappa shape index (κ1) is 24.0. The Kier molecular flexibility index (Phi) is 7.90. The normalized spacial score (nSPS) is 16.2. The molecule has 0 saturated heterocycles. The van der Waals surface area contributed by atoms with Crippen LogP contribution in [0.15, 0.2) is 18.3 Å². The van der Waals surface area contributed by atoms with Gasteiger partial charge in [-0.2, -0.15) is 0 Å². The highest BCUT2D eigenvalue weighted by atomic mass is 16.5. The maximum absolute atomic E-state index is 13.4. The second kappa shape index (κ2) is 10.2. The molecule has 1 unspecified atom stereocenters. The highest BCUT2D eigenvalue weighted by molar-refractivity contribution is 5.99. The highest BCUT2D eigenvalue weighted by Gasteiger charge is 2.40. The van der Waals surface area contributed by atoms with E-state index in [1.807, 2.05) is 13.8 Å². The van der Waals surface area contributed by atoms with Gasteiger partial charge in [0.1, 0.15) is 12.6 Å². The molecule has 9 nitrogen and oxygen atoms in total. The van der Waals surface area contributed by atoms with Crippen LogP contribution in [0.4, 0.5) is 0 Å². The first-order chi connectivity index (χ1) is 14.7. The van der Waals surface area contributed by atoms with E-state index >= 15 is 0 Å². The van der Waals surface area contributed by atoms with Crippen molar-refractivity contribution in [3.63, 3.8) is 0 Å². The molecular weight excluding hydrogens is 404 g/mol. The Hall–Kier alpha value is -3.23. The average Bonchev–Trinajstić information content (AvgIpc) is 2.73. The Morgan fingerprint density at radius 3 is 2.06 bits per heavy atom.